The minimum atomic E-state index is -0.652. The van der Waals surface area contributed by atoms with E-state index in [1.54, 1.807) is 30.5 Å². The van der Waals surface area contributed by atoms with Gasteiger partial charge in [-0.2, -0.15) is 0 Å². The molecule has 0 aromatic heterocycles. The summed E-state index contributed by atoms with van der Waals surface area (Å²) in [6.07, 6.45) is 1.73. The predicted molar refractivity (Wildman–Crippen MR) is 82.8 cm³/mol. The number of thioether (sulfide) groups is 1. The SMILES string of the molecule is COc1ccc(OC(=O)c2ccc(SC)c([N+](=O)[O-])c2)cc1. The van der Waals surface area contributed by atoms with Crippen LogP contribution in [-0.2, 0) is 0 Å². The second-order valence-corrected chi connectivity index (χ2v) is 5.06. The van der Waals surface area contributed by atoms with Gasteiger partial charge in [-0.3, -0.25) is 10.1 Å². The molecule has 0 aliphatic carbocycles. The number of rotatable bonds is 5. The van der Waals surface area contributed by atoms with Gasteiger partial charge in [0, 0.05) is 6.07 Å². The van der Waals surface area contributed by atoms with Crippen molar-refractivity contribution in [3.05, 3.63) is 58.1 Å². The molecule has 0 N–H and O–H groups in total. The zero-order valence-electron chi connectivity index (χ0n) is 11.9. The average Bonchev–Trinajstić information content (AvgIpc) is 2.54. The molecule has 114 valence electrons. The third-order valence-corrected chi connectivity index (χ3v) is 3.67. The van der Waals surface area contributed by atoms with E-state index in [1.165, 1.54) is 37.1 Å². The molecule has 0 fully saturated rings. The van der Waals surface area contributed by atoms with Crippen LogP contribution in [0.15, 0.2) is 47.4 Å². The molecule has 0 heterocycles. The van der Waals surface area contributed by atoms with Crippen LogP contribution in [0.3, 0.4) is 0 Å². The van der Waals surface area contributed by atoms with Crippen molar-refractivity contribution in [3.8, 4) is 11.5 Å². The second kappa shape index (κ2) is 6.95. The summed E-state index contributed by atoms with van der Waals surface area (Å²) in [5.74, 6) is 0.322. The van der Waals surface area contributed by atoms with Crippen LogP contribution in [0.1, 0.15) is 10.4 Å². The van der Waals surface area contributed by atoms with Gasteiger partial charge >= 0.3 is 5.97 Å². The number of methoxy groups -OCH3 is 1. The largest absolute Gasteiger partial charge is 0.497 e. The highest BCUT2D eigenvalue weighted by Crippen LogP contribution is 2.28. The van der Waals surface area contributed by atoms with Gasteiger partial charge in [0.15, 0.2) is 0 Å². The molecular weight excluding hydrogens is 306 g/mol. The van der Waals surface area contributed by atoms with Crippen molar-refractivity contribution in [1.29, 1.82) is 0 Å². The summed E-state index contributed by atoms with van der Waals surface area (Å²) in [4.78, 5) is 23.0. The van der Waals surface area contributed by atoms with E-state index < -0.39 is 10.9 Å². The van der Waals surface area contributed by atoms with Crippen molar-refractivity contribution in [3.63, 3.8) is 0 Å². The van der Waals surface area contributed by atoms with Gasteiger partial charge in [-0.15, -0.1) is 11.8 Å². The predicted octanol–water partition coefficient (Wildman–Crippen LogP) is 3.54. The Kier molecular flexibility index (Phi) is 5.00. The highest BCUT2D eigenvalue weighted by molar-refractivity contribution is 7.98. The van der Waals surface area contributed by atoms with E-state index in [9.17, 15) is 14.9 Å². The molecule has 0 saturated carbocycles. The number of esters is 1. The number of nitro groups is 1. The number of ether oxygens (including phenoxy) is 2. The maximum atomic E-state index is 12.1. The van der Waals surface area contributed by atoms with E-state index in [4.69, 9.17) is 9.47 Å². The number of nitro benzene ring substituents is 1. The van der Waals surface area contributed by atoms with Gasteiger partial charge in [-0.1, -0.05) is 0 Å². The smallest absolute Gasteiger partial charge is 0.343 e. The Bertz CT molecular complexity index is 700. The van der Waals surface area contributed by atoms with Crippen molar-refractivity contribution < 1.29 is 19.2 Å². The van der Waals surface area contributed by atoms with Crippen LogP contribution in [0.5, 0.6) is 11.5 Å². The topological polar surface area (TPSA) is 78.7 Å². The van der Waals surface area contributed by atoms with Crippen molar-refractivity contribution in [2.45, 2.75) is 4.90 Å². The first kappa shape index (κ1) is 15.8. The molecule has 0 amide bonds. The minimum Gasteiger partial charge on any atom is -0.497 e. The van der Waals surface area contributed by atoms with Gasteiger partial charge < -0.3 is 9.47 Å². The molecule has 0 unspecified atom stereocenters. The Morgan fingerprint density at radius 1 is 1.14 bits per heavy atom. The summed E-state index contributed by atoms with van der Waals surface area (Å²) in [7, 11) is 1.54. The van der Waals surface area contributed by atoms with Crippen molar-refractivity contribution in [2.75, 3.05) is 13.4 Å². The zero-order valence-corrected chi connectivity index (χ0v) is 12.8. The van der Waals surface area contributed by atoms with Crippen LogP contribution < -0.4 is 9.47 Å². The molecule has 0 bridgehead atoms. The first-order chi connectivity index (χ1) is 10.5. The van der Waals surface area contributed by atoms with Crippen LogP contribution in [0.25, 0.3) is 0 Å². The monoisotopic (exact) mass is 319 g/mol. The summed E-state index contributed by atoms with van der Waals surface area (Å²) in [6.45, 7) is 0. The van der Waals surface area contributed by atoms with Gasteiger partial charge in [0.25, 0.3) is 5.69 Å². The number of carbonyl (C=O) groups excluding carboxylic acids is 1. The summed E-state index contributed by atoms with van der Waals surface area (Å²) in [6, 6.07) is 10.7. The Hall–Kier alpha value is -2.54. The lowest BCUT2D eigenvalue weighted by molar-refractivity contribution is -0.387. The van der Waals surface area contributed by atoms with Crippen molar-refractivity contribution >= 4 is 23.4 Å². The number of hydrogen-bond donors (Lipinski definition) is 0. The Labute approximate surface area is 131 Å². The average molecular weight is 319 g/mol. The summed E-state index contributed by atoms with van der Waals surface area (Å²) < 4.78 is 10.2. The van der Waals surface area contributed by atoms with Gasteiger partial charge in [-0.05, 0) is 42.7 Å². The lowest BCUT2D eigenvalue weighted by Gasteiger charge is -2.06. The molecular formula is C15H13NO5S. The van der Waals surface area contributed by atoms with Crippen LogP contribution in [0.2, 0.25) is 0 Å². The van der Waals surface area contributed by atoms with Crippen LogP contribution in [-0.4, -0.2) is 24.3 Å². The quantitative estimate of drug-likeness (QED) is 0.276. The number of carbonyl (C=O) groups is 1. The molecule has 2 aromatic carbocycles. The second-order valence-electron chi connectivity index (χ2n) is 4.21. The van der Waals surface area contributed by atoms with Gasteiger partial charge in [-0.25, -0.2) is 4.79 Å². The zero-order chi connectivity index (χ0) is 16.1. The van der Waals surface area contributed by atoms with Gasteiger partial charge in [0.05, 0.1) is 22.5 Å². The molecule has 2 rings (SSSR count). The molecule has 0 aliphatic rings. The van der Waals surface area contributed by atoms with E-state index in [0.717, 1.165) is 0 Å². The maximum absolute atomic E-state index is 12.1. The summed E-state index contributed by atoms with van der Waals surface area (Å²) in [5.41, 5.74) is 0.0111. The lowest BCUT2D eigenvalue weighted by atomic mass is 10.2. The third kappa shape index (κ3) is 3.56. The molecule has 7 heteroatoms. The first-order valence-corrected chi connectivity index (χ1v) is 7.46. The first-order valence-electron chi connectivity index (χ1n) is 6.24. The molecule has 0 saturated heterocycles. The Balaban J connectivity index is 2.21. The summed E-state index contributed by atoms with van der Waals surface area (Å²) in [5, 5.41) is 11.0. The maximum Gasteiger partial charge on any atom is 0.343 e. The van der Waals surface area contributed by atoms with E-state index in [1.807, 2.05) is 0 Å². The molecule has 0 spiro atoms. The fraction of sp³-hybridized carbons (Fsp3) is 0.133. The highest BCUT2D eigenvalue weighted by Gasteiger charge is 2.18. The third-order valence-electron chi connectivity index (χ3n) is 2.88. The molecule has 0 atom stereocenters. The molecule has 22 heavy (non-hydrogen) atoms. The van der Waals surface area contributed by atoms with E-state index in [-0.39, 0.29) is 11.3 Å². The van der Waals surface area contributed by atoms with E-state index >= 15 is 0 Å². The highest BCUT2D eigenvalue weighted by atomic mass is 32.2. The standard InChI is InChI=1S/C15H13NO5S/c1-20-11-4-6-12(7-5-11)21-15(17)10-3-8-14(22-2)13(9-10)16(18)19/h3-9H,1-2H3. The normalized spacial score (nSPS) is 10.1. The number of benzene rings is 2. The van der Waals surface area contributed by atoms with Crippen LogP contribution >= 0.6 is 11.8 Å². The number of hydrogen-bond acceptors (Lipinski definition) is 6. The van der Waals surface area contributed by atoms with E-state index in [2.05, 4.69) is 0 Å². The fourth-order valence-electron chi connectivity index (χ4n) is 1.77. The molecule has 0 radical (unpaired) electrons. The van der Waals surface area contributed by atoms with Crippen LogP contribution in [0.4, 0.5) is 5.69 Å². The van der Waals surface area contributed by atoms with Crippen molar-refractivity contribution in [1.82, 2.24) is 0 Å². The van der Waals surface area contributed by atoms with Crippen LogP contribution in [0, 0.1) is 10.1 Å². The van der Waals surface area contributed by atoms with Gasteiger partial charge in [0.1, 0.15) is 11.5 Å². The Morgan fingerprint density at radius 3 is 2.32 bits per heavy atom. The Morgan fingerprint density at radius 2 is 1.77 bits per heavy atom. The lowest BCUT2D eigenvalue weighted by Crippen LogP contribution is -2.09. The molecule has 0 aliphatic heterocycles. The van der Waals surface area contributed by atoms with Crippen molar-refractivity contribution in [2.24, 2.45) is 0 Å². The fourth-order valence-corrected chi connectivity index (χ4v) is 2.32. The molecule has 6 nitrogen and oxygen atoms in total. The minimum absolute atomic E-state index is 0.114. The summed E-state index contributed by atoms with van der Waals surface area (Å²) >= 11 is 1.24. The van der Waals surface area contributed by atoms with E-state index in [0.29, 0.717) is 16.4 Å². The molecule has 2 aromatic rings. The van der Waals surface area contributed by atoms with Gasteiger partial charge in [0.2, 0.25) is 0 Å². The number of nitrogens with zero attached hydrogens (tertiary/aromatic N) is 1.